The minimum absolute atomic E-state index is 0.451. The molecule has 3 aliphatic carbocycles. The molecule has 1 nitrogen and oxygen atoms in total. The first-order valence-electron chi connectivity index (χ1n) is 6.65. The van der Waals surface area contributed by atoms with Crippen LogP contribution in [0.1, 0.15) is 44.9 Å². The van der Waals surface area contributed by atoms with Gasteiger partial charge < -0.3 is 5.73 Å². The van der Waals surface area contributed by atoms with E-state index in [0.717, 1.165) is 6.42 Å². The van der Waals surface area contributed by atoms with Crippen molar-refractivity contribution in [1.29, 1.82) is 0 Å². The van der Waals surface area contributed by atoms with Crippen LogP contribution in [0.5, 0.6) is 0 Å². The van der Waals surface area contributed by atoms with Gasteiger partial charge in [0.25, 0.3) is 0 Å². The summed E-state index contributed by atoms with van der Waals surface area (Å²) in [5.41, 5.74) is 12.8. The van der Waals surface area contributed by atoms with Crippen LogP contribution in [0.15, 0.2) is 34.4 Å². The highest BCUT2D eigenvalue weighted by Crippen LogP contribution is 2.53. The van der Waals surface area contributed by atoms with E-state index in [1.165, 1.54) is 44.1 Å². The fourth-order valence-electron chi connectivity index (χ4n) is 3.70. The van der Waals surface area contributed by atoms with Crippen molar-refractivity contribution < 1.29 is 0 Å². The molecule has 3 rings (SSSR count). The zero-order chi connectivity index (χ0) is 11.9. The summed E-state index contributed by atoms with van der Waals surface area (Å²) in [6.45, 7) is 0. The van der Waals surface area contributed by atoms with Gasteiger partial charge in [0.15, 0.2) is 0 Å². The minimum atomic E-state index is 0.451. The predicted octanol–water partition coefficient (Wildman–Crippen LogP) is 4.05. The molecule has 0 heterocycles. The average Bonchev–Trinajstić information content (AvgIpc) is 2.70. The van der Waals surface area contributed by atoms with E-state index in [4.69, 9.17) is 17.3 Å². The lowest BCUT2D eigenvalue weighted by molar-refractivity contribution is 0.187. The predicted molar refractivity (Wildman–Crippen MR) is 72.8 cm³/mol. The van der Waals surface area contributed by atoms with Gasteiger partial charge >= 0.3 is 0 Å². The van der Waals surface area contributed by atoms with Crippen molar-refractivity contribution in [2.75, 3.05) is 0 Å². The molecule has 17 heavy (non-hydrogen) atoms. The molecule has 0 amide bonds. The van der Waals surface area contributed by atoms with Crippen LogP contribution in [0, 0.1) is 5.41 Å². The topological polar surface area (TPSA) is 26.0 Å². The molecular weight excluding hydrogens is 230 g/mol. The van der Waals surface area contributed by atoms with Gasteiger partial charge in [0, 0.05) is 11.6 Å². The van der Waals surface area contributed by atoms with E-state index in [2.05, 4.69) is 12.2 Å². The summed E-state index contributed by atoms with van der Waals surface area (Å²) in [7, 11) is 0. The molecule has 92 valence electrons. The van der Waals surface area contributed by atoms with Crippen molar-refractivity contribution in [3.63, 3.8) is 0 Å². The molecule has 0 unspecified atom stereocenters. The normalized spacial score (nSPS) is 39.2. The Balaban J connectivity index is 1.75. The molecule has 3 aliphatic rings. The van der Waals surface area contributed by atoms with Gasteiger partial charge in [-0.2, -0.15) is 0 Å². The van der Waals surface area contributed by atoms with E-state index in [-0.39, 0.29) is 0 Å². The molecule has 2 N–H and O–H groups in total. The monoisotopic (exact) mass is 249 g/mol. The SMILES string of the molecule is NC1CCC2(CC1)CC1=C(CC(=CCl)C=C1)C2. The van der Waals surface area contributed by atoms with Crippen molar-refractivity contribution >= 4 is 11.6 Å². The molecule has 0 radical (unpaired) electrons. The lowest BCUT2D eigenvalue weighted by atomic mass is 9.70. The van der Waals surface area contributed by atoms with Gasteiger partial charge in [0.1, 0.15) is 0 Å². The van der Waals surface area contributed by atoms with Crippen molar-refractivity contribution in [2.24, 2.45) is 11.1 Å². The van der Waals surface area contributed by atoms with Crippen molar-refractivity contribution in [1.82, 2.24) is 0 Å². The Kier molecular flexibility index (Phi) is 2.92. The third-order valence-corrected chi connectivity index (χ3v) is 5.04. The average molecular weight is 250 g/mol. The summed E-state index contributed by atoms with van der Waals surface area (Å²) in [5.74, 6) is 0. The highest BCUT2D eigenvalue weighted by molar-refractivity contribution is 6.25. The molecule has 1 spiro atoms. The van der Waals surface area contributed by atoms with Gasteiger partial charge in [-0.05, 0) is 61.5 Å². The Bertz CT molecular complexity index is 409. The summed E-state index contributed by atoms with van der Waals surface area (Å²) in [4.78, 5) is 0. The largest absolute Gasteiger partial charge is 0.328 e. The molecule has 1 saturated carbocycles. The molecule has 0 aliphatic heterocycles. The van der Waals surface area contributed by atoms with E-state index in [0.29, 0.717) is 11.5 Å². The van der Waals surface area contributed by atoms with E-state index in [1.807, 2.05) is 0 Å². The minimum Gasteiger partial charge on any atom is -0.328 e. The third-order valence-electron chi connectivity index (χ3n) is 4.76. The Morgan fingerprint density at radius 1 is 1.24 bits per heavy atom. The van der Waals surface area contributed by atoms with E-state index in [1.54, 1.807) is 16.7 Å². The van der Waals surface area contributed by atoms with Crippen LogP contribution in [0.3, 0.4) is 0 Å². The number of halogens is 1. The van der Waals surface area contributed by atoms with Gasteiger partial charge in [-0.25, -0.2) is 0 Å². The van der Waals surface area contributed by atoms with E-state index >= 15 is 0 Å². The highest BCUT2D eigenvalue weighted by Gasteiger charge is 2.40. The van der Waals surface area contributed by atoms with Gasteiger partial charge in [0.2, 0.25) is 0 Å². The smallest absolute Gasteiger partial charge is 0.00778 e. The standard InChI is InChI=1S/C15H20ClN/c16-10-11-1-2-12-8-15(9-13(12)7-11)5-3-14(17)4-6-15/h1-2,10,14H,3-9,17H2. The van der Waals surface area contributed by atoms with Crippen LogP contribution in [0.25, 0.3) is 0 Å². The summed E-state index contributed by atoms with van der Waals surface area (Å²) >= 11 is 5.81. The zero-order valence-corrected chi connectivity index (χ0v) is 11.0. The van der Waals surface area contributed by atoms with Gasteiger partial charge in [-0.1, -0.05) is 29.3 Å². The van der Waals surface area contributed by atoms with Crippen molar-refractivity contribution in [2.45, 2.75) is 51.0 Å². The zero-order valence-electron chi connectivity index (χ0n) is 10.2. The fourth-order valence-corrected chi connectivity index (χ4v) is 3.85. The van der Waals surface area contributed by atoms with Crippen LogP contribution < -0.4 is 5.73 Å². The summed E-state index contributed by atoms with van der Waals surface area (Å²) in [6, 6.07) is 0.451. The van der Waals surface area contributed by atoms with Gasteiger partial charge in [0.05, 0.1) is 0 Å². The van der Waals surface area contributed by atoms with Crippen molar-refractivity contribution in [3.8, 4) is 0 Å². The first-order valence-corrected chi connectivity index (χ1v) is 7.08. The first-order chi connectivity index (χ1) is 8.21. The number of allylic oxidation sites excluding steroid dienone is 5. The summed E-state index contributed by atoms with van der Waals surface area (Å²) < 4.78 is 0. The van der Waals surface area contributed by atoms with Crippen LogP contribution in [0.4, 0.5) is 0 Å². The quantitative estimate of drug-likeness (QED) is 0.689. The van der Waals surface area contributed by atoms with Crippen LogP contribution in [-0.4, -0.2) is 6.04 Å². The van der Waals surface area contributed by atoms with Crippen molar-refractivity contribution in [3.05, 3.63) is 34.4 Å². The Labute approximate surface area is 108 Å². The van der Waals surface area contributed by atoms with Crippen LogP contribution in [0.2, 0.25) is 0 Å². The number of hydrogen-bond donors (Lipinski definition) is 1. The molecule has 0 aromatic rings. The maximum atomic E-state index is 6.02. The maximum Gasteiger partial charge on any atom is 0.00778 e. The van der Waals surface area contributed by atoms with E-state index < -0.39 is 0 Å². The Hall–Kier alpha value is -0.530. The first kappa shape index (κ1) is 11.6. The summed E-state index contributed by atoms with van der Waals surface area (Å²) in [6.07, 6.45) is 13.2. The fraction of sp³-hybridized carbons (Fsp3) is 0.600. The Morgan fingerprint density at radius 2 is 2.00 bits per heavy atom. The number of nitrogens with two attached hydrogens (primary N) is 1. The number of hydrogen-bond acceptors (Lipinski definition) is 1. The van der Waals surface area contributed by atoms with Crippen LogP contribution >= 0.6 is 11.6 Å². The van der Waals surface area contributed by atoms with Gasteiger partial charge in [-0.3, -0.25) is 0 Å². The second-order valence-corrected chi connectivity index (χ2v) is 6.23. The molecule has 0 atom stereocenters. The molecule has 0 aromatic heterocycles. The lowest BCUT2D eigenvalue weighted by Crippen LogP contribution is -2.32. The Morgan fingerprint density at radius 3 is 2.71 bits per heavy atom. The second-order valence-electron chi connectivity index (χ2n) is 6.01. The molecular formula is C15H20ClN. The second kappa shape index (κ2) is 4.29. The van der Waals surface area contributed by atoms with E-state index in [9.17, 15) is 0 Å². The molecule has 0 bridgehead atoms. The lowest BCUT2D eigenvalue weighted by Gasteiger charge is -2.36. The molecule has 0 aromatic carbocycles. The maximum absolute atomic E-state index is 6.02. The molecule has 1 fully saturated rings. The number of rotatable bonds is 0. The van der Waals surface area contributed by atoms with Gasteiger partial charge in [-0.15, -0.1) is 0 Å². The molecule has 0 saturated heterocycles. The highest BCUT2D eigenvalue weighted by atomic mass is 35.5. The molecule has 2 heteroatoms. The third kappa shape index (κ3) is 2.11. The van der Waals surface area contributed by atoms with Crippen LogP contribution in [-0.2, 0) is 0 Å². The summed E-state index contributed by atoms with van der Waals surface area (Å²) in [5, 5.41) is 0.